The number of hydrogen-bond acceptors (Lipinski definition) is 4. The van der Waals surface area contributed by atoms with E-state index in [4.69, 9.17) is 0 Å². The summed E-state index contributed by atoms with van der Waals surface area (Å²) < 4.78 is 1.26. The van der Waals surface area contributed by atoms with Crippen LogP contribution in [0.1, 0.15) is 77.0 Å². The van der Waals surface area contributed by atoms with E-state index in [2.05, 4.69) is 29.2 Å². The Kier molecular flexibility index (Phi) is 9.76. The van der Waals surface area contributed by atoms with E-state index in [1.54, 1.807) is 11.3 Å². The molecule has 2 aromatic heterocycles. The second kappa shape index (κ2) is 13.0. The van der Waals surface area contributed by atoms with Gasteiger partial charge in [-0.3, -0.25) is 0 Å². The Bertz CT molecular complexity index is 1110. The van der Waals surface area contributed by atoms with Gasteiger partial charge in [-0.15, -0.1) is 23.6 Å². The Hall–Kier alpha value is -1.10. The summed E-state index contributed by atoms with van der Waals surface area (Å²) in [6.07, 6.45) is 17.0. The van der Waals surface area contributed by atoms with Gasteiger partial charge in [0.2, 0.25) is 0 Å². The Morgan fingerprint density at radius 3 is 2.03 bits per heavy atom. The van der Waals surface area contributed by atoms with Crippen LogP contribution in [-0.2, 0) is 20.1 Å². The van der Waals surface area contributed by atoms with Crippen LogP contribution in [0.25, 0.3) is 20.7 Å². The summed E-state index contributed by atoms with van der Waals surface area (Å²) in [7, 11) is 0. The number of thiophene rings is 1. The van der Waals surface area contributed by atoms with Crippen molar-refractivity contribution in [1.29, 1.82) is 0 Å². The van der Waals surface area contributed by atoms with Crippen molar-refractivity contribution in [3.8, 4) is 10.6 Å². The van der Waals surface area contributed by atoms with Crippen LogP contribution in [0.4, 0.5) is 0 Å². The molecule has 4 fully saturated rings. The second-order valence-corrected chi connectivity index (χ2v) is 13.2. The molecule has 4 aliphatic rings. The van der Waals surface area contributed by atoms with Gasteiger partial charge in [0, 0.05) is 37.9 Å². The number of rotatable bonds is 3. The first kappa shape index (κ1) is 28.4. The molecular weight excluding hydrogens is 667 g/mol. The maximum Gasteiger partial charge on any atom is 0.0626 e. The number of aliphatic hydroxyl groups excluding tert-OH is 2. The molecule has 0 aliphatic heterocycles. The Balaban J connectivity index is 0.000000161. The van der Waals surface area contributed by atoms with Crippen LogP contribution in [-0.4, -0.2) is 27.4 Å². The summed E-state index contributed by atoms with van der Waals surface area (Å²) in [6, 6.07) is 17.6. The molecule has 5 heteroatoms. The molecule has 6 atom stereocenters. The Morgan fingerprint density at radius 1 is 0.711 bits per heavy atom. The van der Waals surface area contributed by atoms with Gasteiger partial charge in [-0.2, -0.15) is 0 Å². The average molecular weight is 709 g/mol. The molecule has 1 radical (unpaired) electrons. The largest absolute Gasteiger partial charge is 0.392 e. The summed E-state index contributed by atoms with van der Waals surface area (Å²) in [5, 5.41) is 23.4. The quantitative estimate of drug-likeness (QED) is 0.272. The van der Waals surface area contributed by atoms with Gasteiger partial charge in [0.05, 0.1) is 12.2 Å². The molecule has 0 saturated heterocycles. The van der Waals surface area contributed by atoms with Crippen molar-refractivity contribution < 1.29 is 30.3 Å². The Morgan fingerprint density at radius 2 is 1.34 bits per heavy atom. The van der Waals surface area contributed by atoms with Gasteiger partial charge < -0.3 is 15.2 Å². The van der Waals surface area contributed by atoms with Crippen molar-refractivity contribution in [2.24, 2.45) is 35.5 Å². The number of fused-ring (bicyclic) bond motifs is 2. The zero-order valence-corrected chi connectivity index (χ0v) is 25.5. The minimum absolute atomic E-state index is 0. The van der Waals surface area contributed by atoms with Crippen molar-refractivity contribution in [1.82, 2.24) is 4.98 Å². The van der Waals surface area contributed by atoms with Crippen LogP contribution in [0.5, 0.6) is 0 Å². The maximum atomic E-state index is 11.2. The standard InChI is InChI=1S/C20H34O2.C13H8NS.Ir/c21-19-16(13-6-1-2-7-13)11-5-10-15-12-17(20(22)18(15)19)14-8-3-4-9-14;1-2-7-12-10(5-1)9-13(15-12)11-6-3-4-8-14-11;/h13-22H,1-12H2;1-8H;/q;-1;/t15?,16-,17-,18?,19?,20?;;/m1../s1. The number of pyridine rings is 1. The molecule has 2 N–H and O–H groups in total. The van der Waals surface area contributed by atoms with E-state index >= 15 is 0 Å². The fourth-order valence-corrected chi connectivity index (χ4v) is 9.34. The molecule has 2 heterocycles. The van der Waals surface area contributed by atoms with E-state index in [1.165, 1.54) is 87.1 Å². The first-order valence-electron chi connectivity index (χ1n) is 14.9. The molecule has 0 bridgehead atoms. The van der Waals surface area contributed by atoms with Crippen LogP contribution in [0.2, 0.25) is 0 Å². The van der Waals surface area contributed by atoms with Crippen molar-refractivity contribution in [2.75, 3.05) is 0 Å². The first-order valence-corrected chi connectivity index (χ1v) is 15.7. The molecule has 4 saturated carbocycles. The van der Waals surface area contributed by atoms with Gasteiger partial charge in [0.25, 0.3) is 0 Å². The fraction of sp³-hybridized carbons (Fsp3) is 0.606. The summed E-state index contributed by atoms with van der Waals surface area (Å²) in [4.78, 5) is 5.43. The minimum atomic E-state index is -0.225. The molecule has 207 valence electrons. The second-order valence-electron chi connectivity index (χ2n) is 12.2. The van der Waals surface area contributed by atoms with E-state index in [0.29, 0.717) is 17.8 Å². The van der Waals surface area contributed by atoms with Gasteiger partial charge in [-0.25, -0.2) is 11.3 Å². The molecule has 3 nitrogen and oxygen atoms in total. The predicted octanol–water partition coefficient (Wildman–Crippen LogP) is 7.90. The summed E-state index contributed by atoms with van der Waals surface area (Å²) in [5.74, 6) is 3.26. The summed E-state index contributed by atoms with van der Waals surface area (Å²) in [6.45, 7) is 0. The molecule has 3 aromatic rings. The zero-order chi connectivity index (χ0) is 25.2. The molecule has 4 unspecified atom stereocenters. The Labute approximate surface area is 245 Å². The zero-order valence-electron chi connectivity index (χ0n) is 22.3. The SMILES string of the molecule is OC1C2C(CCC[C@@H]1C1CCCC1)C[C@H](C1CCCC1)C2O.[Ir].[c-]1c(-c2ccccn2)sc2ccccc12. The van der Waals surface area contributed by atoms with E-state index < -0.39 is 0 Å². The number of aromatic nitrogens is 1. The van der Waals surface area contributed by atoms with Crippen molar-refractivity contribution >= 4 is 21.4 Å². The van der Waals surface area contributed by atoms with E-state index in [9.17, 15) is 10.2 Å². The number of aliphatic hydroxyl groups is 2. The topological polar surface area (TPSA) is 53.4 Å². The summed E-state index contributed by atoms with van der Waals surface area (Å²) in [5.41, 5.74) is 0.999. The molecule has 4 aliphatic carbocycles. The smallest absolute Gasteiger partial charge is 0.0626 e. The van der Waals surface area contributed by atoms with Crippen LogP contribution in [0.15, 0.2) is 48.7 Å². The molecular formula is C33H42IrNO2S-. The van der Waals surface area contributed by atoms with Crippen molar-refractivity contribution in [2.45, 2.75) is 89.3 Å². The average Bonchev–Trinajstić information content (AvgIpc) is 3.73. The molecule has 1 aromatic carbocycles. The van der Waals surface area contributed by atoms with Crippen LogP contribution in [0.3, 0.4) is 0 Å². The van der Waals surface area contributed by atoms with Crippen molar-refractivity contribution in [3.05, 3.63) is 54.7 Å². The van der Waals surface area contributed by atoms with Crippen molar-refractivity contribution in [3.63, 3.8) is 0 Å². The minimum Gasteiger partial charge on any atom is -0.392 e. The third-order valence-electron chi connectivity index (χ3n) is 10.2. The van der Waals surface area contributed by atoms with Gasteiger partial charge in [0.15, 0.2) is 0 Å². The predicted molar refractivity (Wildman–Crippen MR) is 152 cm³/mol. The van der Waals surface area contributed by atoms with Crippen LogP contribution < -0.4 is 0 Å². The van der Waals surface area contributed by atoms with Gasteiger partial charge in [0.1, 0.15) is 0 Å². The van der Waals surface area contributed by atoms with E-state index in [1.807, 2.05) is 30.5 Å². The molecule has 0 spiro atoms. The monoisotopic (exact) mass is 709 g/mol. The van der Waals surface area contributed by atoms with Crippen LogP contribution >= 0.6 is 11.3 Å². The number of nitrogens with zero attached hydrogens (tertiary/aromatic N) is 1. The normalized spacial score (nSPS) is 31.8. The third-order valence-corrected chi connectivity index (χ3v) is 11.2. The number of hydrogen-bond donors (Lipinski definition) is 2. The van der Waals surface area contributed by atoms with E-state index in [-0.39, 0.29) is 38.2 Å². The van der Waals surface area contributed by atoms with Gasteiger partial charge >= 0.3 is 0 Å². The van der Waals surface area contributed by atoms with Crippen LogP contribution in [0, 0.1) is 41.6 Å². The van der Waals surface area contributed by atoms with E-state index in [0.717, 1.165) is 22.4 Å². The summed E-state index contributed by atoms with van der Waals surface area (Å²) >= 11 is 1.73. The molecule has 38 heavy (non-hydrogen) atoms. The molecule has 0 amide bonds. The van der Waals surface area contributed by atoms with Gasteiger partial charge in [-0.05, 0) is 64.5 Å². The van der Waals surface area contributed by atoms with Gasteiger partial charge in [-0.1, -0.05) is 82.1 Å². The first-order chi connectivity index (χ1) is 18.2. The fourth-order valence-electron chi connectivity index (χ4n) is 8.36. The maximum absolute atomic E-state index is 11.2. The number of benzene rings is 1. The third kappa shape index (κ3) is 5.98. The molecule has 7 rings (SSSR count).